The first-order valence-corrected chi connectivity index (χ1v) is 9.68. The van der Waals surface area contributed by atoms with Gasteiger partial charge >= 0.3 is 6.03 Å². The van der Waals surface area contributed by atoms with Gasteiger partial charge < -0.3 is 19.2 Å². The Kier molecular flexibility index (Phi) is 4.27. The number of amides is 2. The Bertz CT molecular complexity index is 1150. The van der Waals surface area contributed by atoms with Crippen molar-refractivity contribution in [2.75, 3.05) is 18.4 Å². The highest BCUT2D eigenvalue weighted by Gasteiger charge is 2.31. The minimum Gasteiger partial charge on any atom is -0.461 e. The van der Waals surface area contributed by atoms with Gasteiger partial charge in [-0.25, -0.2) is 14.8 Å². The van der Waals surface area contributed by atoms with Crippen molar-refractivity contribution in [3.63, 3.8) is 0 Å². The molecular weight excluding hydrogens is 366 g/mol. The summed E-state index contributed by atoms with van der Waals surface area (Å²) in [5.74, 6) is 1.44. The van der Waals surface area contributed by atoms with E-state index in [4.69, 9.17) is 9.40 Å². The number of nitrogens with one attached hydrogen (secondary N) is 1. The normalized spacial score (nSPS) is 16.4. The maximum absolute atomic E-state index is 12.7. The van der Waals surface area contributed by atoms with Crippen LogP contribution >= 0.6 is 0 Å². The largest absolute Gasteiger partial charge is 0.461 e. The molecule has 146 valence electrons. The Labute approximate surface area is 168 Å². The van der Waals surface area contributed by atoms with Gasteiger partial charge in [-0.3, -0.25) is 0 Å². The SMILES string of the molecule is Cc1ccc(NC(=O)N2CC[C@@H](n3c(-c4ccco4)nc4cccnc43)C2)cc1. The van der Waals surface area contributed by atoms with Crippen molar-refractivity contribution >= 4 is 22.9 Å². The van der Waals surface area contributed by atoms with Crippen molar-refractivity contribution in [2.45, 2.75) is 19.4 Å². The number of hydrogen-bond donors (Lipinski definition) is 1. The third-order valence-corrected chi connectivity index (χ3v) is 5.31. The Morgan fingerprint density at radius 1 is 1.17 bits per heavy atom. The Morgan fingerprint density at radius 3 is 2.83 bits per heavy atom. The number of anilines is 1. The van der Waals surface area contributed by atoms with Gasteiger partial charge in [0, 0.05) is 25.0 Å². The maximum Gasteiger partial charge on any atom is 0.321 e. The predicted octanol–water partition coefficient (Wildman–Crippen LogP) is 4.48. The molecule has 1 N–H and O–H groups in total. The zero-order valence-electron chi connectivity index (χ0n) is 16.1. The summed E-state index contributed by atoms with van der Waals surface area (Å²) in [4.78, 5) is 23.9. The van der Waals surface area contributed by atoms with Crippen LogP contribution in [0.5, 0.6) is 0 Å². The summed E-state index contributed by atoms with van der Waals surface area (Å²) < 4.78 is 7.71. The number of aryl methyl sites for hydroxylation is 1. The van der Waals surface area contributed by atoms with E-state index in [0.717, 1.165) is 34.7 Å². The van der Waals surface area contributed by atoms with E-state index in [1.165, 1.54) is 0 Å². The predicted molar refractivity (Wildman–Crippen MR) is 111 cm³/mol. The molecule has 0 bridgehead atoms. The van der Waals surface area contributed by atoms with E-state index in [1.807, 2.05) is 60.4 Å². The van der Waals surface area contributed by atoms with Gasteiger partial charge in [0.15, 0.2) is 17.2 Å². The molecule has 0 radical (unpaired) electrons. The fourth-order valence-electron chi connectivity index (χ4n) is 3.83. The fourth-order valence-corrected chi connectivity index (χ4v) is 3.83. The summed E-state index contributed by atoms with van der Waals surface area (Å²) >= 11 is 0. The van der Waals surface area contributed by atoms with E-state index >= 15 is 0 Å². The van der Waals surface area contributed by atoms with Crippen LogP contribution in [-0.4, -0.2) is 38.6 Å². The third kappa shape index (κ3) is 3.24. The van der Waals surface area contributed by atoms with Gasteiger partial charge in [-0.05, 0) is 49.7 Å². The molecule has 1 saturated heterocycles. The smallest absolute Gasteiger partial charge is 0.321 e. The molecule has 3 aromatic heterocycles. The zero-order valence-corrected chi connectivity index (χ0v) is 16.1. The minimum atomic E-state index is -0.0896. The average molecular weight is 387 g/mol. The highest BCUT2D eigenvalue weighted by Crippen LogP contribution is 2.32. The van der Waals surface area contributed by atoms with Gasteiger partial charge in [0.2, 0.25) is 0 Å². The number of rotatable bonds is 3. The molecule has 29 heavy (non-hydrogen) atoms. The van der Waals surface area contributed by atoms with Crippen LogP contribution in [0, 0.1) is 6.92 Å². The molecule has 7 heteroatoms. The summed E-state index contributed by atoms with van der Waals surface area (Å²) in [5, 5.41) is 2.98. The lowest BCUT2D eigenvalue weighted by molar-refractivity contribution is 0.221. The zero-order chi connectivity index (χ0) is 19.8. The number of fused-ring (bicyclic) bond motifs is 1. The van der Waals surface area contributed by atoms with Gasteiger partial charge in [0.05, 0.1) is 12.3 Å². The van der Waals surface area contributed by atoms with E-state index in [0.29, 0.717) is 18.8 Å². The molecule has 0 saturated carbocycles. The second-order valence-electron chi connectivity index (χ2n) is 7.31. The molecule has 0 spiro atoms. The van der Waals surface area contributed by atoms with E-state index in [9.17, 15) is 4.79 Å². The topological polar surface area (TPSA) is 76.2 Å². The Hall–Kier alpha value is -3.61. The standard InChI is InChI=1S/C22H21N5O2/c1-15-6-8-16(9-7-15)24-22(28)26-12-10-17(14-26)27-20-18(4-2-11-23-20)25-21(27)19-5-3-13-29-19/h2-9,11,13,17H,10,12,14H2,1H3,(H,24,28)/t17-/m1/s1. The molecular formula is C22H21N5O2. The van der Waals surface area contributed by atoms with Crippen LogP contribution in [0.1, 0.15) is 18.0 Å². The highest BCUT2D eigenvalue weighted by molar-refractivity contribution is 5.89. The number of benzene rings is 1. The number of urea groups is 1. The van der Waals surface area contributed by atoms with Crippen LogP contribution in [0.3, 0.4) is 0 Å². The van der Waals surface area contributed by atoms with Crippen LogP contribution in [0.2, 0.25) is 0 Å². The summed E-state index contributed by atoms with van der Waals surface area (Å²) in [6, 6.07) is 15.4. The quantitative estimate of drug-likeness (QED) is 0.562. The lowest BCUT2D eigenvalue weighted by Crippen LogP contribution is -2.33. The molecule has 4 heterocycles. The number of pyridine rings is 1. The van der Waals surface area contributed by atoms with E-state index in [2.05, 4.69) is 14.9 Å². The minimum absolute atomic E-state index is 0.0822. The number of imidazole rings is 1. The van der Waals surface area contributed by atoms with Crippen LogP contribution < -0.4 is 5.32 Å². The molecule has 5 rings (SSSR count). The van der Waals surface area contributed by atoms with Gasteiger partial charge in [0.25, 0.3) is 0 Å². The second-order valence-corrected chi connectivity index (χ2v) is 7.31. The van der Waals surface area contributed by atoms with Crippen molar-refractivity contribution in [2.24, 2.45) is 0 Å². The number of carbonyl (C=O) groups is 1. The van der Waals surface area contributed by atoms with Crippen molar-refractivity contribution in [1.82, 2.24) is 19.4 Å². The van der Waals surface area contributed by atoms with E-state index in [1.54, 1.807) is 12.5 Å². The number of hydrogen-bond acceptors (Lipinski definition) is 4. The third-order valence-electron chi connectivity index (χ3n) is 5.31. The first kappa shape index (κ1) is 17.5. The maximum atomic E-state index is 12.7. The van der Waals surface area contributed by atoms with Gasteiger partial charge in [-0.1, -0.05) is 17.7 Å². The molecule has 0 unspecified atom stereocenters. The van der Waals surface area contributed by atoms with Crippen molar-refractivity contribution < 1.29 is 9.21 Å². The Balaban J connectivity index is 1.41. The van der Waals surface area contributed by atoms with Crippen molar-refractivity contribution in [3.8, 4) is 11.6 Å². The average Bonchev–Trinajstić information content (AvgIpc) is 3.48. The van der Waals surface area contributed by atoms with Crippen LogP contribution in [0.4, 0.5) is 10.5 Å². The number of carbonyl (C=O) groups excluding carboxylic acids is 1. The molecule has 1 fully saturated rings. The molecule has 2 amide bonds. The highest BCUT2D eigenvalue weighted by atomic mass is 16.3. The van der Waals surface area contributed by atoms with Crippen LogP contribution in [0.15, 0.2) is 65.4 Å². The van der Waals surface area contributed by atoms with Crippen molar-refractivity contribution in [1.29, 1.82) is 0 Å². The molecule has 1 aliphatic rings. The number of furan rings is 1. The number of nitrogens with zero attached hydrogens (tertiary/aromatic N) is 4. The van der Waals surface area contributed by atoms with Crippen molar-refractivity contribution in [3.05, 3.63) is 66.6 Å². The van der Waals surface area contributed by atoms with Crippen LogP contribution in [-0.2, 0) is 0 Å². The molecule has 0 aliphatic carbocycles. The van der Waals surface area contributed by atoms with Gasteiger partial charge in [0.1, 0.15) is 5.52 Å². The first-order valence-electron chi connectivity index (χ1n) is 9.68. The first-order chi connectivity index (χ1) is 14.2. The summed E-state index contributed by atoms with van der Waals surface area (Å²) in [7, 11) is 0. The summed E-state index contributed by atoms with van der Waals surface area (Å²) in [6.45, 7) is 3.29. The lowest BCUT2D eigenvalue weighted by atomic mass is 10.2. The molecule has 7 nitrogen and oxygen atoms in total. The lowest BCUT2D eigenvalue weighted by Gasteiger charge is -2.19. The van der Waals surface area contributed by atoms with E-state index in [-0.39, 0.29) is 12.1 Å². The molecule has 1 aliphatic heterocycles. The summed E-state index contributed by atoms with van der Waals surface area (Å²) in [5.41, 5.74) is 3.59. The summed E-state index contributed by atoms with van der Waals surface area (Å²) in [6.07, 6.45) is 4.24. The van der Waals surface area contributed by atoms with Gasteiger partial charge in [-0.2, -0.15) is 0 Å². The Morgan fingerprint density at radius 2 is 2.03 bits per heavy atom. The van der Waals surface area contributed by atoms with E-state index < -0.39 is 0 Å². The monoisotopic (exact) mass is 387 g/mol. The van der Waals surface area contributed by atoms with Gasteiger partial charge in [-0.15, -0.1) is 0 Å². The molecule has 1 atom stereocenters. The molecule has 4 aromatic rings. The van der Waals surface area contributed by atoms with Crippen LogP contribution in [0.25, 0.3) is 22.7 Å². The second kappa shape index (κ2) is 7.09. The number of aromatic nitrogens is 3. The molecule has 1 aromatic carbocycles. The fraction of sp³-hybridized carbons (Fsp3) is 0.227. The number of likely N-dealkylation sites (tertiary alicyclic amines) is 1.